The van der Waals surface area contributed by atoms with E-state index in [0.29, 0.717) is 12.1 Å². The van der Waals surface area contributed by atoms with Gasteiger partial charge < -0.3 is 10.2 Å². The quantitative estimate of drug-likeness (QED) is 0.909. The molecule has 0 heterocycles. The summed E-state index contributed by atoms with van der Waals surface area (Å²) in [6.45, 7) is 2.00. The molecule has 4 heteroatoms. The molecular weight excluding hydrogens is 258 g/mol. The molecule has 0 aliphatic carbocycles. The third-order valence-corrected chi connectivity index (χ3v) is 3.21. The van der Waals surface area contributed by atoms with E-state index in [9.17, 15) is 8.78 Å². The van der Waals surface area contributed by atoms with Gasteiger partial charge in [-0.1, -0.05) is 18.2 Å². The maximum Gasteiger partial charge on any atom is 0.152 e. The van der Waals surface area contributed by atoms with Crippen LogP contribution in [0.1, 0.15) is 11.1 Å². The maximum atomic E-state index is 13.8. The van der Waals surface area contributed by atoms with E-state index >= 15 is 0 Å². The molecule has 0 amide bonds. The Morgan fingerprint density at radius 2 is 1.65 bits per heavy atom. The smallest absolute Gasteiger partial charge is 0.152 e. The minimum atomic E-state index is -0.571. The Morgan fingerprint density at radius 3 is 2.25 bits per heavy atom. The molecule has 2 aromatic rings. The van der Waals surface area contributed by atoms with Crippen molar-refractivity contribution in [3.8, 4) is 0 Å². The fraction of sp³-hybridized carbons (Fsp3) is 0.250. The SMILES string of the molecule is Cc1ccc(F)c(NCc2ccc(N(C)C)cc2)c1F. The van der Waals surface area contributed by atoms with Crippen molar-refractivity contribution in [2.75, 3.05) is 24.3 Å². The number of rotatable bonds is 4. The van der Waals surface area contributed by atoms with Crippen LogP contribution in [0, 0.1) is 18.6 Å². The molecule has 0 bridgehead atoms. The van der Waals surface area contributed by atoms with Gasteiger partial charge >= 0.3 is 0 Å². The van der Waals surface area contributed by atoms with Gasteiger partial charge in [-0.2, -0.15) is 0 Å². The standard InChI is InChI=1S/C16H18F2N2/c1-11-4-9-14(17)16(15(11)18)19-10-12-5-7-13(8-6-12)20(2)3/h4-9,19H,10H2,1-3H3. The molecule has 20 heavy (non-hydrogen) atoms. The summed E-state index contributed by atoms with van der Waals surface area (Å²) in [7, 11) is 3.93. The van der Waals surface area contributed by atoms with Crippen molar-refractivity contribution in [3.63, 3.8) is 0 Å². The van der Waals surface area contributed by atoms with Crippen LogP contribution in [0.4, 0.5) is 20.2 Å². The predicted molar refractivity (Wildman–Crippen MR) is 79.2 cm³/mol. The maximum absolute atomic E-state index is 13.8. The van der Waals surface area contributed by atoms with Crippen LogP contribution in [-0.2, 0) is 6.54 Å². The van der Waals surface area contributed by atoms with Crippen molar-refractivity contribution in [2.24, 2.45) is 0 Å². The topological polar surface area (TPSA) is 15.3 Å². The molecule has 2 nitrogen and oxygen atoms in total. The molecule has 0 fully saturated rings. The first-order chi connectivity index (χ1) is 9.49. The van der Waals surface area contributed by atoms with Crippen LogP contribution in [0.5, 0.6) is 0 Å². The van der Waals surface area contributed by atoms with Gasteiger partial charge in [0, 0.05) is 26.3 Å². The molecule has 0 atom stereocenters. The zero-order valence-electron chi connectivity index (χ0n) is 11.9. The number of anilines is 2. The van der Waals surface area contributed by atoms with E-state index in [1.165, 1.54) is 12.1 Å². The van der Waals surface area contributed by atoms with Gasteiger partial charge in [0.1, 0.15) is 11.5 Å². The number of nitrogens with zero attached hydrogens (tertiary/aromatic N) is 1. The molecule has 0 aliphatic heterocycles. The average molecular weight is 276 g/mol. The van der Waals surface area contributed by atoms with Gasteiger partial charge in [0.25, 0.3) is 0 Å². The lowest BCUT2D eigenvalue weighted by Crippen LogP contribution is -2.09. The van der Waals surface area contributed by atoms with Crippen LogP contribution in [0.15, 0.2) is 36.4 Å². The van der Waals surface area contributed by atoms with Crippen molar-refractivity contribution in [2.45, 2.75) is 13.5 Å². The Hall–Kier alpha value is -2.10. The van der Waals surface area contributed by atoms with Crippen LogP contribution in [0.25, 0.3) is 0 Å². The highest BCUT2D eigenvalue weighted by Gasteiger charge is 2.10. The Balaban J connectivity index is 2.11. The van der Waals surface area contributed by atoms with Gasteiger partial charge in [-0.15, -0.1) is 0 Å². The molecule has 2 rings (SSSR count). The second-order valence-corrected chi connectivity index (χ2v) is 4.97. The molecule has 0 radical (unpaired) electrons. The van der Waals surface area contributed by atoms with E-state index in [1.807, 2.05) is 43.3 Å². The number of hydrogen-bond donors (Lipinski definition) is 1. The van der Waals surface area contributed by atoms with Gasteiger partial charge in [0.05, 0.1) is 0 Å². The van der Waals surface area contributed by atoms with Crippen molar-refractivity contribution >= 4 is 11.4 Å². The number of hydrogen-bond acceptors (Lipinski definition) is 2. The molecule has 1 N–H and O–H groups in total. The first-order valence-electron chi connectivity index (χ1n) is 6.44. The van der Waals surface area contributed by atoms with E-state index < -0.39 is 11.6 Å². The van der Waals surface area contributed by atoms with Crippen LogP contribution in [0.2, 0.25) is 0 Å². The second-order valence-electron chi connectivity index (χ2n) is 4.97. The highest BCUT2D eigenvalue weighted by molar-refractivity contribution is 5.50. The Labute approximate surface area is 118 Å². The van der Waals surface area contributed by atoms with Gasteiger partial charge in [0.2, 0.25) is 0 Å². The van der Waals surface area contributed by atoms with Crippen LogP contribution < -0.4 is 10.2 Å². The summed E-state index contributed by atoms with van der Waals surface area (Å²) in [5.74, 6) is -1.10. The van der Waals surface area contributed by atoms with E-state index in [0.717, 1.165) is 11.3 Å². The lowest BCUT2D eigenvalue weighted by atomic mass is 10.1. The first kappa shape index (κ1) is 14.3. The minimum Gasteiger partial charge on any atom is -0.378 e. The average Bonchev–Trinajstić information content (AvgIpc) is 2.43. The summed E-state index contributed by atoms with van der Waals surface area (Å²) < 4.78 is 27.4. The number of aryl methyl sites for hydroxylation is 1. The van der Waals surface area contributed by atoms with E-state index in [4.69, 9.17) is 0 Å². The summed E-state index contributed by atoms with van der Waals surface area (Å²) in [6, 6.07) is 10.5. The highest BCUT2D eigenvalue weighted by atomic mass is 19.1. The molecule has 0 saturated heterocycles. The summed E-state index contributed by atoms with van der Waals surface area (Å²) in [5.41, 5.74) is 2.41. The molecule has 0 saturated carbocycles. The van der Waals surface area contributed by atoms with E-state index in [-0.39, 0.29) is 5.69 Å². The summed E-state index contributed by atoms with van der Waals surface area (Å²) in [6.07, 6.45) is 0. The fourth-order valence-electron chi connectivity index (χ4n) is 1.92. The number of nitrogens with one attached hydrogen (secondary N) is 1. The molecule has 2 aromatic carbocycles. The minimum absolute atomic E-state index is 0.0679. The number of halogens is 2. The van der Waals surface area contributed by atoms with Crippen molar-refractivity contribution in [1.82, 2.24) is 0 Å². The van der Waals surface area contributed by atoms with Crippen molar-refractivity contribution < 1.29 is 8.78 Å². The van der Waals surface area contributed by atoms with Gasteiger partial charge in [-0.3, -0.25) is 0 Å². The third-order valence-electron chi connectivity index (χ3n) is 3.21. The van der Waals surface area contributed by atoms with Crippen LogP contribution in [-0.4, -0.2) is 14.1 Å². The number of benzene rings is 2. The van der Waals surface area contributed by atoms with Crippen molar-refractivity contribution in [1.29, 1.82) is 0 Å². The normalized spacial score (nSPS) is 10.4. The second kappa shape index (κ2) is 5.90. The Morgan fingerprint density at radius 1 is 1.00 bits per heavy atom. The molecule has 0 aromatic heterocycles. The molecule has 0 spiro atoms. The summed E-state index contributed by atoms with van der Waals surface area (Å²) in [5, 5.41) is 2.82. The molecule has 106 valence electrons. The van der Waals surface area contributed by atoms with Gasteiger partial charge in [0.15, 0.2) is 5.82 Å². The predicted octanol–water partition coefficient (Wildman–Crippen LogP) is 3.95. The lowest BCUT2D eigenvalue weighted by Gasteiger charge is -2.14. The zero-order valence-corrected chi connectivity index (χ0v) is 11.9. The zero-order chi connectivity index (χ0) is 14.7. The third kappa shape index (κ3) is 3.07. The lowest BCUT2D eigenvalue weighted by molar-refractivity contribution is 0.582. The fourth-order valence-corrected chi connectivity index (χ4v) is 1.92. The monoisotopic (exact) mass is 276 g/mol. The summed E-state index contributed by atoms with van der Waals surface area (Å²) >= 11 is 0. The van der Waals surface area contributed by atoms with Gasteiger partial charge in [-0.25, -0.2) is 8.78 Å². The van der Waals surface area contributed by atoms with E-state index in [2.05, 4.69) is 5.32 Å². The highest BCUT2D eigenvalue weighted by Crippen LogP contribution is 2.22. The molecule has 0 aliphatic rings. The summed E-state index contributed by atoms with van der Waals surface area (Å²) in [4.78, 5) is 2.00. The Bertz CT molecular complexity index is 592. The van der Waals surface area contributed by atoms with Crippen LogP contribution >= 0.6 is 0 Å². The Kier molecular flexibility index (Phi) is 4.23. The molecular formula is C16H18F2N2. The van der Waals surface area contributed by atoms with Gasteiger partial charge in [-0.05, 0) is 36.2 Å². The molecule has 0 unspecified atom stereocenters. The first-order valence-corrected chi connectivity index (χ1v) is 6.44. The van der Waals surface area contributed by atoms with E-state index in [1.54, 1.807) is 6.92 Å². The largest absolute Gasteiger partial charge is 0.378 e. The van der Waals surface area contributed by atoms with Crippen molar-refractivity contribution in [3.05, 3.63) is 59.2 Å². The van der Waals surface area contributed by atoms with Crippen LogP contribution in [0.3, 0.4) is 0 Å².